The number of hydrogen-bond acceptors (Lipinski definition) is 3. The molecular formula is C9H11ClN2S. The predicted octanol–water partition coefficient (Wildman–Crippen LogP) is 1.72. The average molecular weight is 215 g/mol. The van der Waals surface area contributed by atoms with E-state index in [1.165, 1.54) is 10.5 Å². The first kappa shape index (κ1) is 9.21. The van der Waals surface area contributed by atoms with Crippen molar-refractivity contribution in [3.8, 4) is 0 Å². The molecule has 1 atom stereocenters. The Bertz CT molecular complexity index is 332. The largest absolute Gasteiger partial charge is 0.323 e. The lowest BCUT2D eigenvalue weighted by Crippen LogP contribution is -2.37. The smallest absolute Gasteiger partial charge is 0.0934 e. The van der Waals surface area contributed by atoms with Crippen LogP contribution in [0.4, 0.5) is 0 Å². The van der Waals surface area contributed by atoms with E-state index in [0.29, 0.717) is 0 Å². The van der Waals surface area contributed by atoms with Crippen LogP contribution in [0.25, 0.3) is 5.57 Å². The fourth-order valence-corrected chi connectivity index (χ4v) is 2.47. The highest BCUT2D eigenvalue weighted by molar-refractivity contribution is 7.17. The second-order valence-corrected chi connectivity index (χ2v) is 4.81. The van der Waals surface area contributed by atoms with Crippen molar-refractivity contribution in [2.24, 2.45) is 5.73 Å². The van der Waals surface area contributed by atoms with Crippen molar-refractivity contribution >= 4 is 28.5 Å². The number of nitrogens with two attached hydrogens (primary N) is 1. The minimum absolute atomic E-state index is 0.129. The Morgan fingerprint density at radius 3 is 3.00 bits per heavy atom. The molecule has 0 radical (unpaired) electrons. The maximum absolute atomic E-state index is 5.86. The molecule has 1 aliphatic heterocycles. The van der Waals surface area contributed by atoms with Gasteiger partial charge in [0.25, 0.3) is 0 Å². The Balaban J connectivity index is 2.25. The summed E-state index contributed by atoms with van der Waals surface area (Å²) in [4.78, 5) is 1.22. The van der Waals surface area contributed by atoms with Gasteiger partial charge in [0, 0.05) is 24.0 Å². The Morgan fingerprint density at radius 2 is 2.38 bits per heavy atom. The molecule has 1 aromatic heterocycles. The van der Waals surface area contributed by atoms with Gasteiger partial charge in [-0.3, -0.25) is 0 Å². The van der Waals surface area contributed by atoms with Crippen LogP contribution in [0.3, 0.4) is 0 Å². The van der Waals surface area contributed by atoms with Crippen LogP contribution in [0.5, 0.6) is 0 Å². The van der Waals surface area contributed by atoms with Crippen LogP contribution in [0, 0.1) is 0 Å². The molecular weight excluding hydrogens is 204 g/mol. The first-order chi connectivity index (χ1) is 6.25. The van der Waals surface area contributed by atoms with E-state index in [-0.39, 0.29) is 6.04 Å². The molecule has 0 spiro atoms. The minimum atomic E-state index is 0.129. The molecule has 0 amide bonds. The topological polar surface area (TPSA) is 38.0 Å². The van der Waals surface area contributed by atoms with Crippen LogP contribution >= 0.6 is 22.9 Å². The lowest BCUT2D eigenvalue weighted by Gasteiger charge is -2.18. The summed E-state index contributed by atoms with van der Waals surface area (Å²) in [6.07, 6.45) is 2.11. The van der Waals surface area contributed by atoms with Crippen molar-refractivity contribution in [2.45, 2.75) is 6.04 Å². The molecule has 0 bridgehead atoms. The third-order valence-electron chi connectivity index (χ3n) is 2.00. The maximum Gasteiger partial charge on any atom is 0.0934 e. The molecule has 0 saturated carbocycles. The van der Waals surface area contributed by atoms with Gasteiger partial charge in [-0.25, -0.2) is 0 Å². The molecule has 1 unspecified atom stereocenters. The molecule has 2 rings (SSSR count). The van der Waals surface area contributed by atoms with E-state index in [9.17, 15) is 0 Å². The third-order valence-corrected chi connectivity index (χ3v) is 3.31. The summed E-state index contributed by atoms with van der Waals surface area (Å²) < 4.78 is 0.829. The van der Waals surface area contributed by atoms with Gasteiger partial charge in [0.1, 0.15) is 0 Å². The van der Waals surface area contributed by atoms with Gasteiger partial charge in [-0.2, -0.15) is 0 Å². The van der Waals surface area contributed by atoms with Crippen molar-refractivity contribution in [1.82, 2.24) is 5.32 Å². The highest BCUT2D eigenvalue weighted by atomic mass is 35.5. The van der Waals surface area contributed by atoms with Crippen LogP contribution in [-0.4, -0.2) is 19.1 Å². The average Bonchev–Trinajstić information content (AvgIpc) is 2.52. The summed E-state index contributed by atoms with van der Waals surface area (Å²) in [5.41, 5.74) is 7.06. The first-order valence-electron chi connectivity index (χ1n) is 4.18. The monoisotopic (exact) mass is 214 g/mol. The van der Waals surface area contributed by atoms with E-state index in [0.717, 1.165) is 17.4 Å². The molecule has 4 heteroatoms. The minimum Gasteiger partial charge on any atom is -0.323 e. The number of rotatable bonds is 1. The van der Waals surface area contributed by atoms with Gasteiger partial charge >= 0.3 is 0 Å². The van der Waals surface area contributed by atoms with Crippen molar-refractivity contribution < 1.29 is 0 Å². The number of hydrogen-bond donors (Lipinski definition) is 2. The van der Waals surface area contributed by atoms with Gasteiger partial charge < -0.3 is 11.1 Å². The number of nitrogens with one attached hydrogen (secondary N) is 1. The summed E-state index contributed by atoms with van der Waals surface area (Å²) in [7, 11) is 0. The van der Waals surface area contributed by atoms with Gasteiger partial charge in [-0.15, -0.1) is 11.3 Å². The van der Waals surface area contributed by atoms with E-state index in [1.54, 1.807) is 11.3 Å². The van der Waals surface area contributed by atoms with Gasteiger partial charge in [0.15, 0.2) is 0 Å². The highest BCUT2D eigenvalue weighted by Gasteiger charge is 2.11. The molecule has 0 aliphatic carbocycles. The number of thiophene rings is 1. The third kappa shape index (κ3) is 2.11. The zero-order chi connectivity index (χ0) is 9.26. The van der Waals surface area contributed by atoms with Crippen LogP contribution in [-0.2, 0) is 0 Å². The van der Waals surface area contributed by atoms with Gasteiger partial charge in [0.05, 0.1) is 4.34 Å². The maximum atomic E-state index is 5.86. The SMILES string of the molecule is NC1C=C(c2ccc(Cl)s2)CNC1. The number of halogens is 1. The normalized spacial score (nSPS) is 22.9. The van der Waals surface area contributed by atoms with E-state index < -0.39 is 0 Å². The quantitative estimate of drug-likeness (QED) is 0.747. The Kier molecular flexibility index (Phi) is 2.69. The highest BCUT2D eigenvalue weighted by Crippen LogP contribution is 2.28. The first-order valence-corrected chi connectivity index (χ1v) is 5.38. The van der Waals surface area contributed by atoms with Gasteiger partial charge in [-0.1, -0.05) is 17.7 Å². The zero-order valence-corrected chi connectivity index (χ0v) is 8.66. The van der Waals surface area contributed by atoms with Crippen molar-refractivity contribution in [2.75, 3.05) is 13.1 Å². The van der Waals surface area contributed by atoms with E-state index >= 15 is 0 Å². The molecule has 1 aliphatic rings. The molecule has 3 N–H and O–H groups in total. The second-order valence-electron chi connectivity index (χ2n) is 3.09. The molecule has 13 heavy (non-hydrogen) atoms. The fourth-order valence-electron chi connectivity index (χ4n) is 1.41. The van der Waals surface area contributed by atoms with E-state index in [4.69, 9.17) is 17.3 Å². The molecule has 70 valence electrons. The second kappa shape index (κ2) is 3.80. The van der Waals surface area contributed by atoms with Crippen LogP contribution < -0.4 is 11.1 Å². The Morgan fingerprint density at radius 1 is 1.54 bits per heavy atom. The molecule has 1 aromatic rings. The summed E-state index contributed by atoms with van der Waals surface area (Å²) >= 11 is 7.45. The summed E-state index contributed by atoms with van der Waals surface area (Å²) in [5, 5.41) is 3.26. The molecule has 2 nitrogen and oxygen atoms in total. The van der Waals surface area contributed by atoms with Crippen LogP contribution in [0.2, 0.25) is 4.34 Å². The van der Waals surface area contributed by atoms with E-state index in [1.807, 2.05) is 12.1 Å². The van der Waals surface area contributed by atoms with Crippen LogP contribution in [0.1, 0.15) is 4.88 Å². The van der Waals surface area contributed by atoms with Crippen LogP contribution in [0.15, 0.2) is 18.2 Å². The summed E-state index contributed by atoms with van der Waals surface area (Å²) in [6, 6.07) is 4.09. The molecule has 0 saturated heterocycles. The molecule has 0 fully saturated rings. The summed E-state index contributed by atoms with van der Waals surface area (Å²) in [6.45, 7) is 1.76. The van der Waals surface area contributed by atoms with E-state index in [2.05, 4.69) is 11.4 Å². The lowest BCUT2D eigenvalue weighted by atomic mass is 10.1. The van der Waals surface area contributed by atoms with Crippen molar-refractivity contribution in [3.05, 3.63) is 27.4 Å². The zero-order valence-electron chi connectivity index (χ0n) is 7.09. The molecule has 2 heterocycles. The summed E-state index contributed by atoms with van der Waals surface area (Å²) in [5.74, 6) is 0. The fraction of sp³-hybridized carbons (Fsp3) is 0.333. The van der Waals surface area contributed by atoms with Gasteiger partial charge in [0.2, 0.25) is 0 Å². The standard InChI is InChI=1S/C9H11ClN2S/c10-9-2-1-8(13-9)6-3-7(11)5-12-4-6/h1-3,7,12H,4-5,11H2. The van der Waals surface area contributed by atoms with Crippen molar-refractivity contribution in [3.63, 3.8) is 0 Å². The predicted molar refractivity (Wildman–Crippen MR) is 58.2 cm³/mol. The Labute approximate surface area is 86.4 Å². The van der Waals surface area contributed by atoms with Crippen molar-refractivity contribution in [1.29, 1.82) is 0 Å². The molecule has 0 aromatic carbocycles. The Hall–Kier alpha value is -0.350. The lowest BCUT2D eigenvalue weighted by molar-refractivity contribution is 0.663. The van der Waals surface area contributed by atoms with Gasteiger partial charge in [-0.05, 0) is 17.7 Å².